The minimum atomic E-state index is -0.883. The molecule has 0 aromatic carbocycles. The average Bonchev–Trinajstić information content (AvgIpc) is 2.34. The van der Waals surface area contributed by atoms with Gasteiger partial charge in [-0.25, -0.2) is 4.98 Å². The lowest BCUT2D eigenvalue weighted by atomic mass is 9.94. The van der Waals surface area contributed by atoms with Crippen LogP contribution >= 0.6 is 11.8 Å². The van der Waals surface area contributed by atoms with E-state index in [4.69, 9.17) is 0 Å². The summed E-state index contributed by atoms with van der Waals surface area (Å²) in [6.45, 7) is 6.07. The lowest BCUT2D eigenvalue weighted by molar-refractivity contribution is 0.0368. The molecule has 1 aromatic heterocycles. The summed E-state index contributed by atoms with van der Waals surface area (Å²) in [5.41, 5.74) is -0.332. The first-order chi connectivity index (χ1) is 8.85. The van der Waals surface area contributed by atoms with Crippen molar-refractivity contribution in [3.8, 4) is 0 Å². The molecule has 106 valence electrons. The van der Waals surface area contributed by atoms with Crippen molar-refractivity contribution in [2.45, 2.75) is 37.8 Å². The number of pyridine rings is 1. The normalized spacial score (nSPS) is 14.2. The number of nitrogens with zero attached hydrogens (tertiary/aromatic N) is 1. The van der Waals surface area contributed by atoms with E-state index < -0.39 is 5.60 Å². The van der Waals surface area contributed by atoms with Crippen LogP contribution in [0.25, 0.3) is 0 Å². The first-order valence-corrected chi connectivity index (χ1v) is 7.58. The standard InChI is InChI=1S/C14H22N2O2S/c1-10(2)8-14(3,18)9-16-12(17)11-6-5-7-15-13(11)19-4/h5-7,10,18H,8-9H2,1-4H3,(H,16,17). The molecule has 1 amide bonds. The van der Waals surface area contributed by atoms with Crippen LogP contribution in [-0.4, -0.2) is 34.4 Å². The van der Waals surface area contributed by atoms with E-state index in [9.17, 15) is 9.90 Å². The summed E-state index contributed by atoms with van der Waals surface area (Å²) < 4.78 is 0. The smallest absolute Gasteiger partial charge is 0.254 e. The third-order valence-corrected chi connectivity index (χ3v) is 3.40. The van der Waals surface area contributed by atoms with Gasteiger partial charge in [0.2, 0.25) is 0 Å². The Balaban J connectivity index is 2.65. The van der Waals surface area contributed by atoms with E-state index in [0.29, 0.717) is 22.9 Å². The Hall–Kier alpha value is -1.07. The molecule has 1 atom stereocenters. The van der Waals surface area contributed by atoms with Gasteiger partial charge in [-0.05, 0) is 37.7 Å². The number of hydrogen-bond donors (Lipinski definition) is 2. The highest BCUT2D eigenvalue weighted by Crippen LogP contribution is 2.18. The third kappa shape index (κ3) is 5.20. The van der Waals surface area contributed by atoms with Gasteiger partial charge in [0.25, 0.3) is 5.91 Å². The lowest BCUT2D eigenvalue weighted by Crippen LogP contribution is -2.41. The Labute approximate surface area is 119 Å². The minimum absolute atomic E-state index is 0.193. The second-order valence-corrected chi connectivity index (χ2v) is 6.13. The summed E-state index contributed by atoms with van der Waals surface area (Å²) in [6, 6.07) is 3.48. The molecule has 0 bridgehead atoms. The molecular weight excluding hydrogens is 260 g/mol. The molecule has 1 unspecified atom stereocenters. The zero-order valence-corrected chi connectivity index (χ0v) is 12.8. The number of carbonyl (C=O) groups excluding carboxylic acids is 1. The van der Waals surface area contributed by atoms with Gasteiger partial charge in [-0.3, -0.25) is 4.79 Å². The van der Waals surface area contributed by atoms with E-state index in [-0.39, 0.29) is 12.5 Å². The lowest BCUT2D eigenvalue weighted by Gasteiger charge is -2.25. The molecule has 5 heteroatoms. The van der Waals surface area contributed by atoms with Crippen LogP contribution < -0.4 is 5.32 Å². The zero-order valence-electron chi connectivity index (χ0n) is 11.9. The van der Waals surface area contributed by atoms with Crippen molar-refractivity contribution < 1.29 is 9.90 Å². The van der Waals surface area contributed by atoms with Crippen LogP contribution in [-0.2, 0) is 0 Å². The van der Waals surface area contributed by atoms with Crippen LogP contribution in [0, 0.1) is 5.92 Å². The molecule has 0 fully saturated rings. The number of amides is 1. The van der Waals surface area contributed by atoms with Crippen molar-refractivity contribution in [1.82, 2.24) is 10.3 Å². The summed E-state index contributed by atoms with van der Waals surface area (Å²) >= 11 is 1.43. The molecule has 0 radical (unpaired) electrons. The maximum atomic E-state index is 12.1. The Morgan fingerprint density at radius 2 is 2.26 bits per heavy atom. The highest BCUT2D eigenvalue weighted by molar-refractivity contribution is 7.98. The molecule has 4 nitrogen and oxygen atoms in total. The van der Waals surface area contributed by atoms with Crippen molar-refractivity contribution in [3.05, 3.63) is 23.9 Å². The quantitative estimate of drug-likeness (QED) is 0.786. The minimum Gasteiger partial charge on any atom is -0.388 e. The number of aliphatic hydroxyl groups is 1. The van der Waals surface area contributed by atoms with Crippen LogP contribution in [0.2, 0.25) is 0 Å². The number of aromatic nitrogens is 1. The molecule has 0 aliphatic carbocycles. The highest BCUT2D eigenvalue weighted by Gasteiger charge is 2.23. The van der Waals surface area contributed by atoms with E-state index in [2.05, 4.69) is 10.3 Å². The van der Waals surface area contributed by atoms with Gasteiger partial charge in [0.1, 0.15) is 5.03 Å². The van der Waals surface area contributed by atoms with Crippen LogP contribution in [0.5, 0.6) is 0 Å². The summed E-state index contributed by atoms with van der Waals surface area (Å²) in [7, 11) is 0. The SMILES string of the molecule is CSc1ncccc1C(=O)NCC(C)(O)CC(C)C. The molecule has 19 heavy (non-hydrogen) atoms. The molecule has 0 saturated carbocycles. The molecule has 1 rings (SSSR count). The first kappa shape index (κ1) is 16.0. The van der Waals surface area contributed by atoms with Crippen LogP contribution in [0.15, 0.2) is 23.4 Å². The Morgan fingerprint density at radius 1 is 1.58 bits per heavy atom. The van der Waals surface area contributed by atoms with Gasteiger partial charge in [-0.15, -0.1) is 11.8 Å². The molecule has 0 spiro atoms. The van der Waals surface area contributed by atoms with Gasteiger partial charge in [0, 0.05) is 12.7 Å². The number of hydrogen-bond acceptors (Lipinski definition) is 4. The molecule has 0 aliphatic rings. The predicted molar refractivity (Wildman–Crippen MR) is 78.4 cm³/mol. The number of nitrogens with one attached hydrogen (secondary N) is 1. The van der Waals surface area contributed by atoms with Crippen molar-refractivity contribution in [2.24, 2.45) is 5.92 Å². The van der Waals surface area contributed by atoms with E-state index >= 15 is 0 Å². The predicted octanol–water partition coefficient (Wildman–Crippen LogP) is 2.33. The molecule has 1 aromatic rings. The van der Waals surface area contributed by atoms with Crippen molar-refractivity contribution in [3.63, 3.8) is 0 Å². The zero-order chi connectivity index (χ0) is 14.5. The van der Waals surface area contributed by atoms with Gasteiger partial charge in [0.05, 0.1) is 11.2 Å². The van der Waals surface area contributed by atoms with Gasteiger partial charge in [0.15, 0.2) is 0 Å². The van der Waals surface area contributed by atoms with E-state index in [1.54, 1.807) is 25.3 Å². The summed E-state index contributed by atoms with van der Waals surface area (Å²) in [5.74, 6) is 0.188. The number of thioether (sulfide) groups is 1. The largest absolute Gasteiger partial charge is 0.388 e. The average molecular weight is 282 g/mol. The summed E-state index contributed by atoms with van der Waals surface area (Å²) in [5, 5.41) is 13.6. The van der Waals surface area contributed by atoms with E-state index in [1.807, 2.05) is 20.1 Å². The number of rotatable bonds is 6. The Bertz CT molecular complexity index is 433. The molecular formula is C14H22N2O2S. The number of carbonyl (C=O) groups is 1. The summed E-state index contributed by atoms with van der Waals surface area (Å²) in [4.78, 5) is 16.2. The topological polar surface area (TPSA) is 62.2 Å². The van der Waals surface area contributed by atoms with Crippen LogP contribution in [0.1, 0.15) is 37.6 Å². The monoisotopic (exact) mass is 282 g/mol. The fraction of sp³-hybridized carbons (Fsp3) is 0.571. The molecule has 1 heterocycles. The van der Waals surface area contributed by atoms with Crippen LogP contribution in [0.3, 0.4) is 0 Å². The van der Waals surface area contributed by atoms with Crippen molar-refractivity contribution in [2.75, 3.05) is 12.8 Å². The first-order valence-electron chi connectivity index (χ1n) is 6.35. The van der Waals surface area contributed by atoms with Crippen molar-refractivity contribution in [1.29, 1.82) is 0 Å². The van der Waals surface area contributed by atoms with Crippen molar-refractivity contribution >= 4 is 17.7 Å². The fourth-order valence-corrected chi connectivity index (χ4v) is 2.59. The third-order valence-electron chi connectivity index (χ3n) is 2.69. The Morgan fingerprint density at radius 3 is 2.84 bits per heavy atom. The molecule has 2 N–H and O–H groups in total. The van der Waals surface area contributed by atoms with Gasteiger partial charge in [-0.1, -0.05) is 13.8 Å². The highest BCUT2D eigenvalue weighted by atomic mass is 32.2. The molecule has 0 saturated heterocycles. The Kier molecular flexibility index (Phi) is 5.82. The molecule has 0 aliphatic heterocycles. The van der Waals surface area contributed by atoms with Gasteiger partial charge in [-0.2, -0.15) is 0 Å². The second-order valence-electron chi connectivity index (χ2n) is 5.34. The maximum absolute atomic E-state index is 12.1. The van der Waals surface area contributed by atoms with Crippen LogP contribution in [0.4, 0.5) is 0 Å². The second kappa shape index (κ2) is 6.91. The van der Waals surface area contributed by atoms with Gasteiger partial charge < -0.3 is 10.4 Å². The maximum Gasteiger partial charge on any atom is 0.254 e. The van der Waals surface area contributed by atoms with E-state index in [1.165, 1.54) is 11.8 Å². The van der Waals surface area contributed by atoms with E-state index in [0.717, 1.165) is 0 Å². The summed E-state index contributed by atoms with van der Waals surface area (Å²) in [6.07, 6.45) is 4.20. The van der Waals surface area contributed by atoms with Gasteiger partial charge >= 0.3 is 0 Å². The fourth-order valence-electron chi connectivity index (χ4n) is 2.04.